The molecule has 0 aliphatic rings. The minimum absolute atomic E-state index is 0. The van der Waals surface area contributed by atoms with Gasteiger partial charge in [-0.15, -0.1) is 0 Å². The van der Waals surface area contributed by atoms with Crippen LogP contribution in [0.25, 0.3) is 0 Å². The van der Waals surface area contributed by atoms with Crippen LogP contribution in [0, 0.1) is 0 Å². The Labute approximate surface area is 279 Å². The van der Waals surface area contributed by atoms with Crippen LogP contribution < -0.4 is 0 Å². The fraction of sp³-hybridized carbons (Fsp3) is 0.792. The zero-order valence-corrected chi connectivity index (χ0v) is 22.6. The second-order valence-electron chi connectivity index (χ2n) is 9.18. The summed E-state index contributed by atoms with van der Waals surface area (Å²) in [7, 11) is -5.33. The van der Waals surface area contributed by atoms with Gasteiger partial charge in [0.1, 0.15) is 0 Å². The van der Waals surface area contributed by atoms with Crippen LogP contribution in [0.15, 0.2) is 0 Å². The summed E-state index contributed by atoms with van der Waals surface area (Å²) in [5, 5.41) is 24.5. The molecular weight excluding hydrogens is 574 g/mol. The van der Waals surface area contributed by atoms with Crippen LogP contribution in [0.1, 0.15) is 103 Å². The Hall–Kier alpha value is -0.740. The van der Waals surface area contributed by atoms with Gasteiger partial charge >= 0.3 is 89.0 Å². The maximum absolute atomic E-state index is 12.4. The Morgan fingerprint density at radius 3 is 1.48 bits per heavy atom. The number of ether oxygens (including phenoxy) is 2. The summed E-state index contributed by atoms with van der Waals surface area (Å²) in [4.78, 5) is 58.1. The summed E-state index contributed by atoms with van der Waals surface area (Å²) in [6, 6.07) is 0. The number of hydrogen-bond acceptors (Lipinski definition) is 9. The first-order valence-electron chi connectivity index (χ1n) is 12.8. The van der Waals surface area contributed by atoms with Gasteiger partial charge in [0.05, 0.1) is 25.9 Å². The molecule has 0 aliphatic heterocycles. The molecule has 16 heteroatoms. The van der Waals surface area contributed by atoms with Crippen LogP contribution in [0.3, 0.4) is 0 Å². The number of hydrogen-bond donors (Lipinski definition) is 4. The van der Waals surface area contributed by atoms with Gasteiger partial charge in [0.25, 0.3) is 10.1 Å². The molecule has 224 valence electrons. The third-order valence-corrected chi connectivity index (χ3v) is 6.87. The van der Waals surface area contributed by atoms with Gasteiger partial charge in [0, 0.05) is 0 Å². The molecule has 0 heterocycles. The van der Waals surface area contributed by atoms with E-state index >= 15 is 0 Å². The summed E-state index contributed by atoms with van der Waals surface area (Å²) < 4.78 is 42.1. The number of carboxylic acids is 3. The van der Waals surface area contributed by atoms with Gasteiger partial charge in [-0.3, -0.25) is 23.7 Å². The fourth-order valence-electron chi connectivity index (χ4n) is 3.73. The van der Waals surface area contributed by atoms with Crippen molar-refractivity contribution in [2.45, 2.75) is 114 Å². The van der Waals surface area contributed by atoms with Crippen LogP contribution in [0.5, 0.6) is 0 Å². The standard InChI is InChI=1S/C24H40O13S.2Na.2H/c1-2-3-4-5-6-7-8-9-10-11-12-13-14-36-21(29)15-18(38(33,34)35)22(30)37-24(23(31)32,16-19(25)26)17-20(27)28;;;;/h18H,2-17H2,1H3,(H,25,26)(H,27,28)(H,31,32)(H,33,34,35);;;;. The van der Waals surface area contributed by atoms with E-state index in [1.54, 1.807) is 0 Å². The van der Waals surface area contributed by atoms with Gasteiger partial charge in [-0.1, -0.05) is 77.6 Å². The number of esters is 2. The Morgan fingerprint density at radius 2 is 1.12 bits per heavy atom. The normalized spacial score (nSPS) is 11.8. The van der Waals surface area contributed by atoms with E-state index in [1.165, 1.54) is 38.5 Å². The van der Waals surface area contributed by atoms with Crippen LogP contribution in [0.4, 0.5) is 0 Å². The SMILES string of the molecule is CCCCCCCCCCCCCCOC(=O)CC(C(=O)OC(CC(=O)O)(CC(=O)O)C(=O)O)S(=O)(=O)O.[NaH].[NaH]. The number of unbranched alkanes of at least 4 members (excludes halogenated alkanes) is 11. The van der Waals surface area contributed by atoms with Crippen molar-refractivity contribution < 1.29 is 61.7 Å². The molecule has 0 aromatic heterocycles. The predicted octanol–water partition coefficient (Wildman–Crippen LogP) is 1.90. The average Bonchev–Trinajstić information content (AvgIpc) is 2.78. The Morgan fingerprint density at radius 1 is 0.725 bits per heavy atom. The summed E-state index contributed by atoms with van der Waals surface area (Å²) in [5.41, 5.74) is -3.17. The van der Waals surface area contributed by atoms with E-state index in [-0.39, 0.29) is 65.7 Å². The quantitative estimate of drug-likeness (QED) is 0.0558. The van der Waals surface area contributed by atoms with Crippen molar-refractivity contribution in [3.8, 4) is 0 Å². The molecule has 0 aromatic carbocycles. The number of carbonyl (C=O) groups is 5. The van der Waals surface area contributed by atoms with Gasteiger partial charge < -0.3 is 24.8 Å². The number of carbonyl (C=O) groups excluding carboxylic acids is 2. The van der Waals surface area contributed by atoms with Gasteiger partial charge in [-0.05, 0) is 6.42 Å². The molecule has 1 unspecified atom stereocenters. The van der Waals surface area contributed by atoms with Crippen LogP contribution in [-0.4, -0.2) is 135 Å². The number of aliphatic carboxylic acids is 3. The molecule has 13 nitrogen and oxygen atoms in total. The molecule has 0 saturated carbocycles. The van der Waals surface area contributed by atoms with Crippen molar-refractivity contribution in [3.63, 3.8) is 0 Å². The fourth-order valence-corrected chi connectivity index (χ4v) is 4.36. The third kappa shape index (κ3) is 20.2. The van der Waals surface area contributed by atoms with Gasteiger partial charge in [-0.2, -0.15) is 8.42 Å². The molecule has 0 spiro atoms. The monoisotopic (exact) mass is 616 g/mol. The maximum atomic E-state index is 12.4. The molecule has 4 N–H and O–H groups in total. The number of carboxylic acid groups (broad SMARTS) is 3. The average molecular weight is 617 g/mol. The predicted molar refractivity (Wildman–Crippen MR) is 147 cm³/mol. The topological polar surface area (TPSA) is 219 Å². The van der Waals surface area contributed by atoms with Gasteiger partial charge in [0.2, 0.25) is 5.60 Å². The van der Waals surface area contributed by atoms with E-state index in [9.17, 15) is 42.0 Å². The summed E-state index contributed by atoms with van der Waals surface area (Å²) in [5.74, 6) is -9.08. The molecule has 0 bridgehead atoms. The first-order valence-corrected chi connectivity index (χ1v) is 14.3. The molecule has 0 fully saturated rings. The first kappa shape index (κ1) is 43.7. The summed E-state index contributed by atoms with van der Waals surface area (Å²) >= 11 is 0. The van der Waals surface area contributed by atoms with Crippen molar-refractivity contribution in [3.05, 3.63) is 0 Å². The van der Waals surface area contributed by atoms with Crippen LogP contribution >= 0.6 is 0 Å². The molecule has 0 amide bonds. The van der Waals surface area contributed by atoms with Crippen molar-refractivity contribution in [2.75, 3.05) is 6.61 Å². The Kier molecular flexibility index (Phi) is 26.0. The second kappa shape index (κ2) is 23.8. The molecule has 1 atom stereocenters. The van der Waals surface area contributed by atoms with Crippen LogP contribution in [0.2, 0.25) is 0 Å². The minimum atomic E-state index is -5.33. The third-order valence-electron chi connectivity index (χ3n) is 5.79. The van der Waals surface area contributed by atoms with Gasteiger partial charge in [0.15, 0.2) is 5.25 Å². The van der Waals surface area contributed by atoms with E-state index in [4.69, 9.17) is 14.9 Å². The summed E-state index contributed by atoms with van der Waals surface area (Å²) in [6.45, 7) is 2.10. The summed E-state index contributed by atoms with van der Waals surface area (Å²) in [6.07, 6.45) is 8.65. The molecule has 0 rings (SSSR count). The van der Waals surface area contributed by atoms with Crippen LogP contribution in [-0.2, 0) is 43.6 Å². The van der Waals surface area contributed by atoms with E-state index in [0.29, 0.717) is 6.42 Å². The van der Waals surface area contributed by atoms with E-state index in [2.05, 4.69) is 11.7 Å². The van der Waals surface area contributed by atoms with Gasteiger partial charge in [-0.25, -0.2) is 4.79 Å². The Balaban J connectivity index is -0.00000684. The first-order chi connectivity index (χ1) is 17.7. The Bertz CT molecular complexity index is 877. The van der Waals surface area contributed by atoms with E-state index < -0.39 is 70.1 Å². The molecule has 0 saturated heterocycles. The van der Waals surface area contributed by atoms with Crippen molar-refractivity contribution in [1.82, 2.24) is 0 Å². The second-order valence-corrected chi connectivity index (χ2v) is 10.8. The molecule has 0 radical (unpaired) electrons. The molecular formula is C24H42Na2O13S. The molecule has 40 heavy (non-hydrogen) atoms. The molecule has 0 aromatic rings. The van der Waals surface area contributed by atoms with Crippen molar-refractivity contribution in [2.24, 2.45) is 0 Å². The van der Waals surface area contributed by atoms with Crippen molar-refractivity contribution in [1.29, 1.82) is 0 Å². The number of rotatable bonds is 23. The zero-order chi connectivity index (χ0) is 29.2. The van der Waals surface area contributed by atoms with E-state index in [1.807, 2.05) is 0 Å². The van der Waals surface area contributed by atoms with Crippen molar-refractivity contribution >= 4 is 99.1 Å². The zero-order valence-electron chi connectivity index (χ0n) is 21.8. The molecule has 0 aliphatic carbocycles. The van der Waals surface area contributed by atoms with E-state index in [0.717, 1.165) is 32.1 Å².